The van der Waals surface area contributed by atoms with Gasteiger partial charge in [0.05, 0.1) is 23.4 Å². The first-order chi connectivity index (χ1) is 11.7. The third kappa shape index (κ3) is 4.99. The second-order valence-electron chi connectivity index (χ2n) is 5.71. The van der Waals surface area contributed by atoms with Crippen LogP contribution in [0.15, 0.2) is 46.7 Å². The summed E-state index contributed by atoms with van der Waals surface area (Å²) in [6.45, 7) is 2.12. The summed E-state index contributed by atoms with van der Waals surface area (Å²) in [4.78, 5) is 16.8. The maximum atomic E-state index is 12.8. The van der Waals surface area contributed by atoms with Crippen molar-refractivity contribution in [3.05, 3.63) is 51.7 Å². The molecule has 24 heavy (non-hydrogen) atoms. The number of ether oxygens (including phenoxy) is 1. The number of carbonyl (C=O) groups excluding carboxylic acids is 1. The summed E-state index contributed by atoms with van der Waals surface area (Å²) in [6.07, 6.45) is 2.28. The highest BCUT2D eigenvalue weighted by molar-refractivity contribution is 8.00. The molecule has 0 radical (unpaired) electrons. The lowest BCUT2D eigenvalue weighted by molar-refractivity contribution is -0.130. The van der Waals surface area contributed by atoms with Crippen molar-refractivity contribution in [2.24, 2.45) is 0 Å². The number of amides is 1. The van der Waals surface area contributed by atoms with Gasteiger partial charge in [-0.2, -0.15) is 0 Å². The number of nitrogens with zero attached hydrogens (tertiary/aromatic N) is 1. The normalized spacial score (nSPS) is 17.1. The van der Waals surface area contributed by atoms with Crippen LogP contribution in [0.4, 0.5) is 0 Å². The molecule has 1 atom stereocenters. The molecule has 1 fully saturated rings. The van der Waals surface area contributed by atoms with Crippen molar-refractivity contribution >= 4 is 40.6 Å². The van der Waals surface area contributed by atoms with Crippen molar-refractivity contribution in [2.75, 3.05) is 18.9 Å². The number of thiophene rings is 1. The molecule has 128 valence electrons. The Hall–Kier alpha value is -1.01. The number of thioether (sulfide) groups is 1. The molecule has 1 aromatic heterocycles. The Morgan fingerprint density at radius 3 is 2.92 bits per heavy atom. The summed E-state index contributed by atoms with van der Waals surface area (Å²) < 4.78 is 5.72. The molecular formula is C18H20ClNO2S2. The molecule has 1 aromatic carbocycles. The van der Waals surface area contributed by atoms with Crippen LogP contribution in [0.3, 0.4) is 0 Å². The van der Waals surface area contributed by atoms with Gasteiger partial charge in [0.2, 0.25) is 5.91 Å². The zero-order valence-electron chi connectivity index (χ0n) is 13.3. The van der Waals surface area contributed by atoms with E-state index in [0.717, 1.165) is 24.3 Å². The maximum absolute atomic E-state index is 12.8. The largest absolute Gasteiger partial charge is 0.376 e. The smallest absolute Gasteiger partial charge is 0.233 e. The molecule has 1 aliphatic heterocycles. The van der Waals surface area contributed by atoms with E-state index in [1.807, 2.05) is 40.6 Å². The highest BCUT2D eigenvalue weighted by Gasteiger charge is 2.23. The van der Waals surface area contributed by atoms with Gasteiger partial charge in [-0.1, -0.05) is 29.8 Å². The fourth-order valence-electron chi connectivity index (χ4n) is 2.67. The fourth-order valence-corrected chi connectivity index (χ4v) is 4.53. The van der Waals surface area contributed by atoms with Crippen LogP contribution in [-0.4, -0.2) is 35.8 Å². The summed E-state index contributed by atoms with van der Waals surface area (Å²) in [7, 11) is 0. The van der Waals surface area contributed by atoms with E-state index in [2.05, 4.69) is 6.07 Å². The molecule has 0 N–H and O–H groups in total. The van der Waals surface area contributed by atoms with E-state index in [4.69, 9.17) is 16.3 Å². The quantitative estimate of drug-likeness (QED) is 0.651. The van der Waals surface area contributed by atoms with Crippen molar-refractivity contribution in [1.29, 1.82) is 0 Å². The van der Waals surface area contributed by atoms with Gasteiger partial charge in [0.1, 0.15) is 0 Å². The van der Waals surface area contributed by atoms with Crippen molar-refractivity contribution in [3.63, 3.8) is 0 Å². The van der Waals surface area contributed by atoms with Crippen molar-refractivity contribution < 1.29 is 9.53 Å². The lowest BCUT2D eigenvalue weighted by Crippen LogP contribution is -2.37. The zero-order chi connectivity index (χ0) is 16.8. The second kappa shape index (κ2) is 8.90. The van der Waals surface area contributed by atoms with Crippen LogP contribution >= 0.6 is 34.7 Å². The highest BCUT2D eigenvalue weighted by Crippen LogP contribution is 2.27. The monoisotopic (exact) mass is 381 g/mol. The maximum Gasteiger partial charge on any atom is 0.233 e. The van der Waals surface area contributed by atoms with Gasteiger partial charge in [0.15, 0.2) is 0 Å². The fraction of sp³-hybridized carbons (Fsp3) is 0.389. The molecule has 0 bridgehead atoms. The van der Waals surface area contributed by atoms with Gasteiger partial charge in [-0.15, -0.1) is 23.1 Å². The summed E-state index contributed by atoms with van der Waals surface area (Å²) in [5.74, 6) is 0.519. The molecule has 0 aliphatic carbocycles. The predicted molar refractivity (Wildman–Crippen MR) is 101 cm³/mol. The van der Waals surface area contributed by atoms with Crippen LogP contribution in [-0.2, 0) is 16.1 Å². The Morgan fingerprint density at radius 1 is 1.33 bits per heavy atom. The summed E-state index contributed by atoms with van der Waals surface area (Å²) in [5.41, 5.74) is 0. The Bertz CT molecular complexity index is 657. The van der Waals surface area contributed by atoms with Crippen molar-refractivity contribution in [1.82, 2.24) is 4.90 Å². The minimum atomic E-state index is 0.129. The highest BCUT2D eigenvalue weighted by atomic mass is 35.5. The first-order valence-corrected chi connectivity index (χ1v) is 10.3. The summed E-state index contributed by atoms with van der Waals surface area (Å²) in [5, 5.41) is 2.74. The third-order valence-electron chi connectivity index (χ3n) is 3.92. The number of rotatable bonds is 7. The minimum Gasteiger partial charge on any atom is -0.376 e. The molecule has 3 nitrogen and oxygen atoms in total. The first-order valence-electron chi connectivity index (χ1n) is 8.01. The molecule has 2 aromatic rings. The zero-order valence-corrected chi connectivity index (χ0v) is 15.7. The minimum absolute atomic E-state index is 0.129. The average molecular weight is 382 g/mol. The topological polar surface area (TPSA) is 29.5 Å². The number of hydrogen-bond donors (Lipinski definition) is 0. The van der Waals surface area contributed by atoms with E-state index in [-0.39, 0.29) is 12.0 Å². The first kappa shape index (κ1) is 17.8. The van der Waals surface area contributed by atoms with Crippen LogP contribution in [0.5, 0.6) is 0 Å². The predicted octanol–water partition coefficient (Wildman–Crippen LogP) is 4.70. The van der Waals surface area contributed by atoms with E-state index in [9.17, 15) is 4.79 Å². The van der Waals surface area contributed by atoms with Crippen LogP contribution in [0.25, 0.3) is 0 Å². The molecule has 0 spiro atoms. The molecule has 0 saturated carbocycles. The lowest BCUT2D eigenvalue weighted by atomic mass is 10.2. The van der Waals surface area contributed by atoms with Crippen LogP contribution in [0, 0.1) is 0 Å². The van der Waals surface area contributed by atoms with E-state index in [1.165, 1.54) is 16.6 Å². The van der Waals surface area contributed by atoms with Crippen LogP contribution in [0.2, 0.25) is 5.02 Å². The van der Waals surface area contributed by atoms with E-state index >= 15 is 0 Å². The van der Waals surface area contributed by atoms with Crippen molar-refractivity contribution in [3.8, 4) is 0 Å². The van der Waals surface area contributed by atoms with Gasteiger partial charge in [-0.3, -0.25) is 4.79 Å². The Morgan fingerprint density at radius 2 is 2.21 bits per heavy atom. The van der Waals surface area contributed by atoms with E-state index in [1.54, 1.807) is 11.3 Å². The van der Waals surface area contributed by atoms with Gasteiger partial charge in [0.25, 0.3) is 0 Å². The van der Waals surface area contributed by atoms with E-state index < -0.39 is 0 Å². The Labute approximate surface area is 156 Å². The van der Waals surface area contributed by atoms with Crippen LogP contribution < -0.4 is 0 Å². The van der Waals surface area contributed by atoms with Gasteiger partial charge in [0, 0.05) is 22.9 Å². The molecule has 1 aliphatic rings. The van der Waals surface area contributed by atoms with Gasteiger partial charge >= 0.3 is 0 Å². The molecule has 1 amide bonds. The molecule has 1 unspecified atom stereocenters. The number of carbonyl (C=O) groups is 1. The molecule has 3 rings (SSSR count). The summed E-state index contributed by atoms with van der Waals surface area (Å²) >= 11 is 9.35. The number of halogens is 1. The molecule has 1 saturated heterocycles. The Kier molecular flexibility index (Phi) is 6.60. The van der Waals surface area contributed by atoms with Gasteiger partial charge in [-0.25, -0.2) is 0 Å². The van der Waals surface area contributed by atoms with Crippen molar-refractivity contribution in [2.45, 2.75) is 30.4 Å². The Balaban J connectivity index is 1.62. The molecule has 6 heteroatoms. The average Bonchev–Trinajstić information content (AvgIpc) is 3.27. The lowest BCUT2D eigenvalue weighted by Gasteiger charge is -2.25. The number of hydrogen-bond acceptors (Lipinski definition) is 4. The second-order valence-corrected chi connectivity index (χ2v) is 8.16. The van der Waals surface area contributed by atoms with Crippen LogP contribution in [0.1, 0.15) is 17.7 Å². The third-order valence-corrected chi connectivity index (χ3v) is 6.28. The number of benzene rings is 1. The molecular weight excluding hydrogens is 362 g/mol. The molecule has 2 heterocycles. The van der Waals surface area contributed by atoms with Gasteiger partial charge < -0.3 is 9.64 Å². The standard InChI is InChI=1S/C18H20ClNO2S2/c19-16-7-1-2-8-17(16)24-13-18(21)20(11-14-5-3-9-22-14)12-15-6-4-10-23-15/h1-2,4,6-8,10,14H,3,5,9,11-13H2. The summed E-state index contributed by atoms with van der Waals surface area (Å²) in [6, 6.07) is 11.7. The SMILES string of the molecule is O=C(CSc1ccccc1Cl)N(Cc1cccs1)CC1CCCO1. The van der Waals surface area contributed by atoms with E-state index in [0.29, 0.717) is 23.9 Å². The van der Waals surface area contributed by atoms with Gasteiger partial charge in [-0.05, 0) is 36.4 Å².